The van der Waals surface area contributed by atoms with Crippen LogP contribution in [-0.2, 0) is 7.05 Å². The molecular formula is C23H17F3N4O2. The SMILES string of the molecule is Cc1cccc(-c2c(NC(=O)Nc3c(F)cc(F)cc3F)c(=O)n(C)c3ncccc23)c1. The van der Waals surface area contributed by atoms with Crippen LogP contribution >= 0.6 is 0 Å². The van der Waals surface area contributed by atoms with Gasteiger partial charge in [0.25, 0.3) is 5.56 Å². The number of hydrogen-bond donors (Lipinski definition) is 2. The third kappa shape index (κ3) is 3.80. The molecule has 2 aromatic heterocycles. The highest BCUT2D eigenvalue weighted by Crippen LogP contribution is 2.33. The summed E-state index contributed by atoms with van der Waals surface area (Å²) in [5, 5.41) is 5.01. The van der Waals surface area contributed by atoms with Crippen LogP contribution in [0, 0.1) is 24.4 Å². The number of halogens is 3. The van der Waals surface area contributed by atoms with Crippen LogP contribution in [0.4, 0.5) is 29.3 Å². The van der Waals surface area contributed by atoms with Gasteiger partial charge in [0.15, 0.2) is 11.6 Å². The molecule has 4 rings (SSSR count). The van der Waals surface area contributed by atoms with Crippen molar-refractivity contribution in [2.24, 2.45) is 7.05 Å². The molecule has 0 radical (unpaired) electrons. The van der Waals surface area contributed by atoms with E-state index in [1.165, 1.54) is 11.6 Å². The number of nitrogens with zero attached hydrogens (tertiary/aromatic N) is 2. The van der Waals surface area contributed by atoms with Gasteiger partial charge in [-0.05, 0) is 24.6 Å². The molecule has 2 aromatic carbocycles. The number of rotatable bonds is 3. The molecule has 32 heavy (non-hydrogen) atoms. The quantitative estimate of drug-likeness (QED) is 0.474. The summed E-state index contributed by atoms with van der Waals surface area (Å²) in [6.07, 6.45) is 1.54. The molecule has 0 aliphatic rings. The average Bonchev–Trinajstić information content (AvgIpc) is 2.74. The summed E-state index contributed by atoms with van der Waals surface area (Å²) in [4.78, 5) is 30.0. The Morgan fingerprint density at radius 3 is 2.34 bits per heavy atom. The van der Waals surface area contributed by atoms with E-state index in [-0.39, 0.29) is 5.69 Å². The molecule has 0 saturated heterocycles. The van der Waals surface area contributed by atoms with E-state index in [1.54, 1.807) is 30.5 Å². The first kappa shape index (κ1) is 21.1. The molecule has 162 valence electrons. The van der Waals surface area contributed by atoms with Crippen molar-refractivity contribution in [2.45, 2.75) is 6.92 Å². The highest BCUT2D eigenvalue weighted by atomic mass is 19.1. The van der Waals surface area contributed by atoms with E-state index in [4.69, 9.17) is 0 Å². The smallest absolute Gasteiger partial charge is 0.303 e. The number of amides is 2. The Bertz CT molecular complexity index is 1410. The monoisotopic (exact) mass is 438 g/mol. The molecule has 0 saturated carbocycles. The minimum absolute atomic E-state index is 0.0981. The fourth-order valence-corrected chi connectivity index (χ4v) is 3.50. The van der Waals surface area contributed by atoms with Gasteiger partial charge < -0.3 is 10.6 Å². The molecule has 0 fully saturated rings. The van der Waals surface area contributed by atoms with Gasteiger partial charge in [-0.3, -0.25) is 9.36 Å². The number of pyridine rings is 2. The van der Waals surface area contributed by atoms with Gasteiger partial charge in [0, 0.05) is 36.3 Å². The summed E-state index contributed by atoms with van der Waals surface area (Å²) in [6.45, 7) is 1.88. The van der Waals surface area contributed by atoms with Crippen LogP contribution in [0.3, 0.4) is 0 Å². The number of urea groups is 1. The molecule has 0 unspecified atom stereocenters. The van der Waals surface area contributed by atoms with Crippen molar-refractivity contribution in [3.05, 3.63) is 88.1 Å². The van der Waals surface area contributed by atoms with Crippen molar-refractivity contribution in [3.63, 3.8) is 0 Å². The number of aryl methyl sites for hydroxylation is 2. The lowest BCUT2D eigenvalue weighted by atomic mass is 9.99. The number of carbonyl (C=O) groups is 1. The van der Waals surface area contributed by atoms with Gasteiger partial charge in [-0.2, -0.15) is 0 Å². The van der Waals surface area contributed by atoms with Crippen molar-refractivity contribution in [2.75, 3.05) is 10.6 Å². The second-order valence-electron chi connectivity index (χ2n) is 7.18. The molecule has 2 heterocycles. The molecule has 4 aromatic rings. The van der Waals surface area contributed by atoms with E-state index in [0.29, 0.717) is 34.3 Å². The zero-order valence-electron chi connectivity index (χ0n) is 17.0. The Morgan fingerprint density at radius 2 is 1.66 bits per heavy atom. The minimum Gasteiger partial charge on any atom is -0.303 e. The molecule has 0 aliphatic heterocycles. The maximum Gasteiger partial charge on any atom is 0.324 e. The maximum atomic E-state index is 14.0. The summed E-state index contributed by atoms with van der Waals surface area (Å²) >= 11 is 0. The second-order valence-corrected chi connectivity index (χ2v) is 7.18. The van der Waals surface area contributed by atoms with Gasteiger partial charge in [-0.25, -0.2) is 22.9 Å². The van der Waals surface area contributed by atoms with Crippen LogP contribution in [0.2, 0.25) is 0 Å². The average molecular weight is 438 g/mol. The number of aromatic nitrogens is 2. The van der Waals surface area contributed by atoms with Gasteiger partial charge in [-0.15, -0.1) is 0 Å². The van der Waals surface area contributed by atoms with Crippen molar-refractivity contribution >= 4 is 28.4 Å². The highest BCUT2D eigenvalue weighted by Gasteiger charge is 2.21. The van der Waals surface area contributed by atoms with Gasteiger partial charge >= 0.3 is 6.03 Å². The number of carbonyl (C=O) groups excluding carboxylic acids is 1. The zero-order valence-corrected chi connectivity index (χ0v) is 17.0. The third-order valence-corrected chi connectivity index (χ3v) is 4.93. The standard InChI is InChI=1S/C23H17F3N4O2/c1-12-5-3-6-13(9-12)18-15-7-4-8-27-21(15)30(2)22(31)20(18)29-23(32)28-19-16(25)10-14(24)11-17(19)26/h3-11H,1-2H3,(H2,28,29,32). The van der Waals surface area contributed by atoms with Crippen LogP contribution in [-0.4, -0.2) is 15.6 Å². The van der Waals surface area contributed by atoms with Gasteiger partial charge in [0.1, 0.15) is 22.8 Å². The van der Waals surface area contributed by atoms with E-state index >= 15 is 0 Å². The van der Waals surface area contributed by atoms with Crippen LogP contribution in [0.15, 0.2) is 59.5 Å². The first-order chi connectivity index (χ1) is 15.3. The number of nitrogens with one attached hydrogen (secondary N) is 2. The summed E-state index contributed by atoms with van der Waals surface area (Å²) in [6, 6.07) is 10.6. The van der Waals surface area contributed by atoms with Crippen LogP contribution < -0.4 is 16.2 Å². The van der Waals surface area contributed by atoms with Crippen molar-refractivity contribution in [3.8, 4) is 11.1 Å². The third-order valence-electron chi connectivity index (χ3n) is 4.93. The highest BCUT2D eigenvalue weighted by molar-refractivity contribution is 6.07. The maximum absolute atomic E-state index is 14.0. The fraction of sp³-hybridized carbons (Fsp3) is 0.0870. The lowest BCUT2D eigenvalue weighted by molar-refractivity contribution is 0.262. The van der Waals surface area contributed by atoms with E-state index in [9.17, 15) is 22.8 Å². The van der Waals surface area contributed by atoms with Crippen molar-refractivity contribution in [1.29, 1.82) is 0 Å². The van der Waals surface area contributed by atoms with Crippen LogP contribution in [0.25, 0.3) is 22.2 Å². The summed E-state index contributed by atoms with van der Waals surface area (Å²) < 4.78 is 42.3. The molecule has 6 nitrogen and oxygen atoms in total. The first-order valence-corrected chi connectivity index (χ1v) is 9.53. The van der Waals surface area contributed by atoms with Crippen LogP contribution in [0.1, 0.15) is 5.56 Å². The predicted octanol–water partition coefficient (Wildman–Crippen LogP) is 4.97. The Hall–Kier alpha value is -4.14. The largest absolute Gasteiger partial charge is 0.324 e. The zero-order chi connectivity index (χ0) is 23.0. The van der Waals surface area contributed by atoms with Crippen molar-refractivity contribution in [1.82, 2.24) is 9.55 Å². The molecule has 0 atom stereocenters. The Morgan fingerprint density at radius 1 is 0.969 bits per heavy atom. The first-order valence-electron chi connectivity index (χ1n) is 9.53. The van der Waals surface area contributed by atoms with Gasteiger partial charge in [0.05, 0.1) is 0 Å². The van der Waals surface area contributed by atoms with E-state index in [0.717, 1.165) is 5.56 Å². The van der Waals surface area contributed by atoms with Gasteiger partial charge in [-0.1, -0.05) is 29.8 Å². The van der Waals surface area contributed by atoms with E-state index in [2.05, 4.69) is 10.3 Å². The lowest BCUT2D eigenvalue weighted by Crippen LogP contribution is -2.29. The molecular weight excluding hydrogens is 421 g/mol. The molecule has 0 bridgehead atoms. The van der Waals surface area contributed by atoms with E-state index < -0.39 is 34.7 Å². The lowest BCUT2D eigenvalue weighted by Gasteiger charge is -2.17. The molecule has 0 spiro atoms. The summed E-state index contributed by atoms with van der Waals surface area (Å²) in [5.41, 5.74) is 0.883. The van der Waals surface area contributed by atoms with Crippen LogP contribution in [0.5, 0.6) is 0 Å². The molecule has 2 amide bonds. The minimum atomic E-state index is -1.29. The summed E-state index contributed by atoms with van der Waals surface area (Å²) in [7, 11) is 1.50. The number of fused-ring (bicyclic) bond motifs is 1. The molecule has 0 aliphatic carbocycles. The van der Waals surface area contributed by atoms with E-state index in [1.807, 2.05) is 24.4 Å². The number of benzene rings is 2. The van der Waals surface area contributed by atoms with Gasteiger partial charge in [0.2, 0.25) is 0 Å². The van der Waals surface area contributed by atoms with Crippen molar-refractivity contribution < 1.29 is 18.0 Å². The molecule has 2 N–H and O–H groups in total. The topological polar surface area (TPSA) is 76.0 Å². The number of anilines is 2. The Labute approximate surface area is 180 Å². The normalized spacial score (nSPS) is 10.9. The Balaban J connectivity index is 1.85. The summed E-state index contributed by atoms with van der Waals surface area (Å²) in [5.74, 6) is -3.69. The second kappa shape index (κ2) is 8.18. The predicted molar refractivity (Wildman–Crippen MR) is 116 cm³/mol. The Kier molecular flexibility index (Phi) is 5.40. The molecule has 9 heteroatoms. The fourth-order valence-electron chi connectivity index (χ4n) is 3.50. The number of hydrogen-bond acceptors (Lipinski definition) is 3.